The lowest BCUT2D eigenvalue weighted by atomic mass is 10.0. The second kappa shape index (κ2) is 6.73. The molecule has 1 aliphatic rings. The number of halogens is 1. The Hall–Kier alpha value is -0.580. The van der Waals surface area contributed by atoms with Gasteiger partial charge < -0.3 is 9.84 Å². The molecule has 1 aliphatic heterocycles. The summed E-state index contributed by atoms with van der Waals surface area (Å²) in [6, 6.07) is 0. The van der Waals surface area contributed by atoms with Crippen molar-refractivity contribution in [2.75, 3.05) is 6.61 Å². The zero-order valence-corrected chi connectivity index (χ0v) is 12.5. The molecule has 4 nitrogen and oxygen atoms in total. The van der Waals surface area contributed by atoms with Gasteiger partial charge in [0, 0.05) is 20.1 Å². The molecule has 2 heterocycles. The third-order valence-corrected chi connectivity index (χ3v) is 4.18. The third-order valence-electron chi connectivity index (χ3n) is 3.74. The van der Waals surface area contributed by atoms with Crippen LogP contribution in [0.1, 0.15) is 44.0 Å². The van der Waals surface area contributed by atoms with E-state index >= 15 is 0 Å². The number of hydrogen-bond donors (Lipinski definition) is 1. The van der Waals surface area contributed by atoms with E-state index in [1.165, 1.54) is 6.42 Å². The zero-order valence-electron chi connectivity index (χ0n) is 11.7. The highest BCUT2D eigenvalue weighted by atomic mass is 35.5. The van der Waals surface area contributed by atoms with Gasteiger partial charge in [0.2, 0.25) is 0 Å². The first-order chi connectivity index (χ1) is 9.11. The highest BCUT2D eigenvalue weighted by molar-refractivity contribution is 6.31. The van der Waals surface area contributed by atoms with Gasteiger partial charge >= 0.3 is 0 Å². The van der Waals surface area contributed by atoms with Crippen LogP contribution in [0.3, 0.4) is 0 Å². The maximum atomic E-state index is 10.2. The van der Waals surface area contributed by atoms with E-state index in [-0.39, 0.29) is 6.10 Å². The second-order valence-electron chi connectivity index (χ2n) is 5.27. The minimum Gasteiger partial charge on any atom is -0.393 e. The first-order valence-corrected chi connectivity index (χ1v) is 7.49. The summed E-state index contributed by atoms with van der Waals surface area (Å²) in [6.07, 6.45) is 5.21. The number of nitrogens with zero attached hydrogens (tertiary/aromatic N) is 2. The number of ether oxygens (including phenoxy) is 1. The van der Waals surface area contributed by atoms with E-state index in [9.17, 15) is 5.11 Å². The van der Waals surface area contributed by atoms with E-state index in [1.807, 2.05) is 14.0 Å². The fourth-order valence-electron chi connectivity index (χ4n) is 2.64. The molecule has 0 saturated carbocycles. The summed E-state index contributed by atoms with van der Waals surface area (Å²) in [5.41, 5.74) is 1.82. The summed E-state index contributed by atoms with van der Waals surface area (Å²) in [6.45, 7) is 2.86. The van der Waals surface area contributed by atoms with Crippen molar-refractivity contribution in [2.24, 2.45) is 7.05 Å². The first kappa shape index (κ1) is 14.8. The Labute approximate surface area is 119 Å². The Bertz CT molecular complexity index is 414. The fourth-order valence-corrected chi connectivity index (χ4v) is 3.02. The van der Waals surface area contributed by atoms with Crippen LogP contribution < -0.4 is 0 Å². The van der Waals surface area contributed by atoms with Gasteiger partial charge in [-0.1, -0.05) is 18.5 Å². The Morgan fingerprint density at radius 3 is 2.89 bits per heavy atom. The van der Waals surface area contributed by atoms with Gasteiger partial charge in [0.1, 0.15) is 0 Å². The smallest absolute Gasteiger partial charge is 0.0850 e. The SMILES string of the molecule is CCc1nn(C)c(CC(O)CC2CCCCO2)c1Cl. The standard InChI is InChI=1S/C14H23ClN2O2/c1-3-12-14(15)13(17(2)16-12)9-10(18)8-11-6-4-5-7-19-11/h10-11,18H,3-9H2,1-2H3. The molecule has 0 radical (unpaired) electrons. The lowest BCUT2D eigenvalue weighted by Gasteiger charge is -2.24. The van der Waals surface area contributed by atoms with E-state index in [1.54, 1.807) is 4.68 Å². The van der Waals surface area contributed by atoms with Crippen LogP contribution in [-0.4, -0.2) is 33.7 Å². The van der Waals surface area contributed by atoms with Gasteiger partial charge in [-0.2, -0.15) is 5.10 Å². The van der Waals surface area contributed by atoms with Gasteiger partial charge in [0.25, 0.3) is 0 Å². The predicted molar refractivity (Wildman–Crippen MR) is 75.5 cm³/mol. The van der Waals surface area contributed by atoms with Crippen LogP contribution in [0.5, 0.6) is 0 Å². The lowest BCUT2D eigenvalue weighted by Crippen LogP contribution is -2.26. The van der Waals surface area contributed by atoms with Gasteiger partial charge in [-0.15, -0.1) is 0 Å². The van der Waals surface area contributed by atoms with Crippen molar-refractivity contribution in [3.8, 4) is 0 Å². The van der Waals surface area contributed by atoms with E-state index in [2.05, 4.69) is 5.10 Å². The summed E-state index contributed by atoms with van der Waals surface area (Å²) >= 11 is 6.29. The van der Waals surface area contributed by atoms with Crippen molar-refractivity contribution in [3.05, 3.63) is 16.4 Å². The van der Waals surface area contributed by atoms with Crippen LogP contribution >= 0.6 is 11.6 Å². The molecule has 19 heavy (non-hydrogen) atoms. The highest BCUT2D eigenvalue weighted by Crippen LogP contribution is 2.24. The molecule has 2 atom stereocenters. The quantitative estimate of drug-likeness (QED) is 0.905. The molecule has 1 fully saturated rings. The Kier molecular flexibility index (Phi) is 5.25. The van der Waals surface area contributed by atoms with Gasteiger partial charge in [-0.3, -0.25) is 4.68 Å². The molecule has 0 bridgehead atoms. The summed E-state index contributed by atoms with van der Waals surface area (Å²) in [4.78, 5) is 0. The average molecular weight is 287 g/mol. The van der Waals surface area contributed by atoms with Gasteiger partial charge in [-0.25, -0.2) is 0 Å². The summed E-state index contributed by atoms with van der Waals surface area (Å²) in [5, 5.41) is 15.3. The Morgan fingerprint density at radius 2 is 2.32 bits per heavy atom. The normalized spacial score (nSPS) is 21.6. The molecule has 108 valence electrons. The molecule has 1 N–H and O–H groups in total. The molecule has 2 rings (SSSR count). The fraction of sp³-hybridized carbons (Fsp3) is 0.786. The minimum atomic E-state index is -0.416. The van der Waals surface area contributed by atoms with Crippen LogP contribution in [0.25, 0.3) is 0 Å². The van der Waals surface area contributed by atoms with Gasteiger partial charge in [0.15, 0.2) is 0 Å². The summed E-state index contributed by atoms with van der Waals surface area (Å²) in [7, 11) is 1.88. The molecule has 1 saturated heterocycles. The van der Waals surface area contributed by atoms with E-state index in [0.717, 1.165) is 37.3 Å². The topological polar surface area (TPSA) is 47.3 Å². The minimum absolute atomic E-state index is 0.196. The molecule has 1 aromatic heterocycles. The number of rotatable bonds is 5. The highest BCUT2D eigenvalue weighted by Gasteiger charge is 2.21. The number of hydrogen-bond acceptors (Lipinski definition) is 3. The van der Waals surface area contributed by atoms with Crippen LogP contribution in [0, 0.1) is 0 Å². The maximum absolute atomic E-state index is 10.2. The molecule has 2 unspecified atom stereocenters. The van der Waals surface area contributed by atoms with E-state index in [0.29, 0.717) is 17.9 Å². The van der Waals surface area contributed by atoms with E-state index in [4.69, 9.17) is 16.3 Å². The summed E-state index contributed by atoms with van der Waals surface area (Å²) in [5.74, 6) is 0. The zero-order chi connectivity index (χ0) is 13.8. The number of aromatic nitrogens is 2. The van der Waals surface area contributed by atoms with Crippen molar-refractivity contribution in [3.63, 3.8) is 0 Å². The summed E-state index contributed by atoms with van der Waals surface area (Å²) < 4.78 is 7.44. The number of aryl methyl sites for hydroxylation is 2. The molecule has 0 aromatic carbocycles. The van der Waals surface area contributed by atoms with Crippen LogP contribution in [0.4, 0.5) is 0 Å². The molecule has 0 amide bonds. The van der Waals surface area contributed by atoms with E-state index < -0.39 is 6.10 Å². The second-order valence-corrected chi connectivity index (χ2v) is 5.64. The van der Waals surface area contributed by atoms with Crippen molar-refractivity contribution in [1.29, 1.82) is 0 Å². The van der Waals surface area contributed by atoms with Crippen molar-refractivity contribution in [1.82, 2.24) is 9.78 Å². The average Bonchev–Trinajstić information content (AvgIpc) is 2.67. The Balaban J connectivity index is 1.94. The lowest BCUT2D eigenvalue weighted by molar-refractivity contribution is -0.0150. The van der Waals surface area contributed by atoms with Gasteiger partial charge in [0.05, 0.1) is 28.6 Å². The molecule has 0 spiro atoms. The molecule has 5 heteroatoms. The van der Waals surface area contributed by atoms with Crippen molar-refractivity contribution >= 4 is 11.6 Å². The van der Waals surface area contributed by atoms with Crippen LogP contribution in [0.2, 0.25) is 5.02 Å². The Morgan fingerprint density at radius 1 is 1.53 bits per heavy atom. The van der Waals surface area contributed by atoms with Crippen molar-refractivity contribution in [2.45, 2.75) is 57.7 Å². The number of aliphatic hydroxyl groups excluding tert-OH is 1. The third kappa shape index (κ3) is 3.71. The molecule has 0 aliphatic carbocycles. The molecular weight excluding hydrogens is 264 g/mol. The van der Waals surface area contributed by atoms with Crippen LogP contribution in [-0.2, 0) is 24.6 Å². The number of aliphatic hydroxyl groups is 1. The molecule has 1 aromatic rings. The van der Waals surface area contributed by atoms with Crippen LogP contribution in [0.15, 0.2) is 0 Å². The predicted octanol–water partition coefficient (Wildman–Crippen LogP) is 2.50. The largest absolute Gasteiger partial charge is 0.393 e. The molecular formula is C14H23ClN2O2. The van der Waals surface area contributed by atoms with Gasteiger partial charge in [-0.05, 0) is 32.1 Å². The monoisotopic (exact) mass is 286 g/mol. The van der Waals surface area contributed by atoms with Crippen molar-refractivity contribution < 1.29 is 9.84 Å². The first-order valence-electron chi connectivity index (χ1n) is 7.11. The maximum Gasteiger partial charge on any atom is 0.0850 e.